The van der Waals surface area contributed by atoms with E-state index in [2.05, 4.69) is 17.1 Å². The smallest absolute Gasteiger partial charge is 0.336 e. The SMILES string of the molecule is CCCCCCCCCCCCCCCC(=O)NCC(O)C(=O)OCCN1CCCCC1. The third kappa shape index (κ3) is 16.5. The van der Waals surface area contributed by atoms with E-state index in [0.29, 0.717) is 19.6 Å². The lowest BCUT2D eigenvalue weighted by Crippen LogP contribution is -2.39. The Morgan fingerprint density at radius 1 is 0.844 bits per heavy atom. The summed E-state index contributed by atoms with van der Waals surface area (Å²) in [6, 6.07) is 0. The van der Waals surface area contributed by atoms with Crippen LogP contribution in [-0.2, 0) is 14.3 Å². The van der Waals surface area contributed by atoms with Crippen molar-refractivity contribution in [3.05, 3.63) is 0 Å². The van der Waals surface area contributed by atoms with Crippen molar-refractivity contribution >= 4 is 11.9 Å². The molecule has 1 unspecified atom stereocenters. The number of carbonyl (C=O) groups excluding carboxylic acids is 2. The summed E-state index contributed by atoms with van der Waals surface area (Å²) < 4.78 is 5.14. The Morgan fingerprint density at radius 2 is 1.38 bits per heavy atom. The number of aliphatic hydroxyl groups excluding tert-OH is 1. The van der Waals surface area contributed by atoms with E-state index in [-0.39, 0.29) is 12.5 Å². The van der Waals surface area contributed by atoms with Crippen LogP contribution < -0.4 is 5.32 Å². The molecule has 1 aliphatic rings. The average molecular weight is 455 g/mol. The van der Waals surface area contributed by atoms with Crippen LogP contribution in [0, 0.1) is 0 Å². The zero-order chi connectivity index (χ0) is 23.3. The second-order valence-electron chi connectivity index (χ2n) is 9.38. The molecule has 0 aliphatic carbocycles. The van der Waals surface area contributed by atoms with E-state index in [1.54, 1.807) is 0 Å². The fraction of sp³-hybridized carbons (Fsp3) is 0.923. The minimum atomic E-state index is -1.29. The van der Waals surface area contributed by atoms with E-state index in [1.807, 2.05) is 0 Å². The number of hydrogen-bond acceptors (Lipinski definition) is 5. The van der Waals surface area contributed by atoms with Gasteiger partial charge in [0.05, 0.1) is 6.54 Å². The van der Waals surface area contributed by atoms with Gasteiger partial charge in [-0.25, -0.2) is 4.79 Å². The lowest BCUT2D eigenvalue weighted by Gasteiger charge is -2.26. The standard InChI is InChI=1S/C26H50N2O4/c1-2-3-4-5-6-7-8-9-10-11-12-13-15-18-25(30)27-23-24(29)26(31)32-22-21-28-19-16-14-17-20-28/h24,29H,2-23H2,1H3,(H,27,30). The lowest BCUT2D eigenvalue weighted by molar-refractivity contribution is -0.153. The van der Waals surface area contributed by atoms with Crippen LogP contribution in [0.2, 0.25) is 0 Å². The van der Waals surface area contributed by atoms with E-state index >= 15 is 0 Å². The Labute approximate surface area is 196 Å². The van der Waals surface area contributed by atoms with Crippen molar-refractivity contribution in [2.75, 3.05) is 32.8 Å². The molecule has 0 bridgehead atoms. The predicted molar refractivity (Wildman–Crippen MR) is 131 cm³/mol. The van der Waals surface area contributed by atoms with Crippen molar-refractivity contribution in [1.82, 2.24) is 10.2 Å². The van der Waals surface area contributed by atoms with Crippen LogP contribution in [0.4, 0.5) is 0 Å². The Bertz CT molecular complexity index is 467. The molecule has 0 aromatic rings. The highest BCUT2D eigenvalue weighted by Crippen LogP contribution is 2.13. The zero-order valence-electron chi connectivity index (χ0n) is 20.8. The second-order valence-corrected chi connectivity index (χ2v) is 9.38. The largest absolute Gasteiger partial charge is 0.462 e. The number of nitrogens with one attached hydrogen (secondary N) is 1. The lowest BCUT2D eigenvalue weighted by atomic mass is 10.0. The highest BCUT2D eigenvalue weighted by Gasteiger charge is 2.18. The maximum absolute atomic E-state index is 11.9. The van der Waals surface area contributed by atoms with Crippen LogP contribution in [0.1, 0.15) is 116 Å². The number of hydrogen-bond donors (Lipinski definition) is 2. The van der Waals surface area contributed by atoms with Crippen molar-refractivity contribution in [2.24, 2.45) is 0 Å². The van der Waals surface area contributed by atoms with Crippen molar-refractivity contribution in [1.29, 1.82) is 0 Å². The number of esters is 1. The van der Waals surface area contributed by atoms with Crippen molar-refractivity contribution in [3.8, 4) is 0 Å². The van der Waals surface area contributed by atoms with Gasteiger partial charge in [0.25, 0.3) is 0 Å². The van der Waals surface area contributed by atoms with Gasteiger partial charge in [-0.15, -0.1) is 0 Å². The molecule has 6 heteroatoms. The van der Waals surface area contributed by atoms with E-state index in [4.69, 9.17) is 4.74 Å². The van der Waals surface area contributed by atoms with E-state index in [9.17, 15) is 14.7 Å². The summed E-state index contributed by atoms with van der Waals surface area (Å²) in [5.41, 5.74) is 0. The van der Waals surface area contributed by atoms with Crippen LogP contribution in [0.25, 0.3) is 0 Å². The molecule has 188 valence electrons. The summed E-state index contributed by atoms with van der Waals surface area (Å²) in [4.78, 5) is 26.0. The predicted octanol–water partition coefficient (Wildman–Crippen LogP) is 4.97. The number of amides is 1. The normalized spacial score (nSPS) is 15.4. The monoisotopic (exact) mass is 454 g/mol. The summed E-state index contributed by atoms with van der Waals surface area (Å²) in [7, 11) is 0. The van der Waals surface area contributed by atoms with Gasteiger partial charge in [0.1, 0.15) is 6.61 Å². The van der Waals surface area contributed by atoms with Gasteiger partial charge in [-0.2, -0.15) is 0 Å². The molecule has 1 rings (SSSR count). The first-order chi connectivity index (χ1) is 15.6. The van der Waals surface area contributed by atoms with Crippen LogP contribution in [0.3, 0.4) is 0 Å². The molecule has 1 heterocycles. The Balaban J connectivity index is 1.87. The molecule has 0 aromatic heterocycles. The van der Waals surface area contributed by atoms with Gasteiger partial charge in [0, 0.05) is 13.0 Å². The first-order valence-corrected chi connectivity index (χ1v) is 13.5. The molecular formula is C26H50N2O4. The van der Waals surface area contributed by atoms with Gasteiger partial charge in [0.2, 0.25) is 5.91 Å². The molecule has 1 fully saturated rings. The Morgan fingerprint density at radius 3 is 1.94 bits per heavy atom. The first-order valence-electron chi connectivity index (χ1n) is 13.5. The Hall–Kier alpha value is -1.14. The van der Waals surface area contributed by atoms with E-state index < -0.39 is 12.1 Å². The molecule has 0 saturated carbocycles. The zero-order valence-corrected chi connectivity index (χ0v) is 20.8. The summed E-state index contributed by atoms with van der Waals surface area (Å²) in [5, 5.41) is 12.5. The third-order valence-corrected chi connectivity index (χ3v) is 6.37. The molecule has 1 aliphatic heterocycles. The van der Waals surface area contributed by atoms with Crippen LogP contribution in [0.15, 0.2) is 0 Å². The summed E-state index contributed by atoms with van der Waals surface area (Å²) >= 11 is 0. The van der Waals surface area contributed by atoms with Crippen LogP contribution >= 0.6 is 0 Å². The number of unbranched alkanes of at least 4 members (excludes halogenated alkanes) is 12. The number of aliphatic hydroxyl groups is 1. The summed E-state index contributed by atoms with van der Waals surface area (Å²) in [5.74, 6) is -0.753. The number of nitrogens with zero attached hydrogens (tertiary/aromatic N) is 1. The molecule has 1 atom stereocenters. The van der Waals surface area contributed by atoms with Crippen LogP contribution in [0.5, 0.6) is 0 Å². The number of rotatable bonds is 20. The fourth-order valence-corrected chi connectivity index (χ4v) is 4.24. The quantitative estimate of drug-likeness (QED) is 0.200. The first kappa shape index (κ1) is 28.9. The maximum atomic E-state index is 11.9. The number of piperidine rings is 1. The molecule has 1 amide bonds. The minimum Gasteiger partial charge on any atom is -0.462 e. The van der Waals surface area contributed by atoms with Crippen LogP contribution in [-0.4, -0.2) is 60.8 Å². The van der Waals surface area contributed by atoms with Gasteiger partial charge in [-0.1, -0.05) is 90.4 Å². The molecule has 0 radical (unpaired) electrons. The molecule has 2 N–H and O–H groups in total. The fourth-order valence-electron chi connectivity index (χ4n) is 4.24. The Kier molecular flexibility index (Phi) is 18.5. The van der Waals surface area contributed by atoms with Gasteiger partial charge in [0.15, 0.2) is 6.10 Å². The van der Waals surface area contributed by atoms with Gasteiger partial charge >= 0.3 is 5.97 Å². The molecule has 32 heavy (non-hydrogen) atoms. The van der Waals surface area contributed by atoms with Crippen molar-refractivity contribution in [2.45, 2.75) is 122 Å². The number of likely N-dealkylation sites (tertiary alicyclic amines) is 1. The van der Waals surface area contributed by atoms with Crippen molar-refractivity contribution < 1.29 is 19.4 Å². The highest BCUT2D eigenvalue weighted by molar-refractivity contribution is 5.78. The molecule has 0 spiro atoms. The maximum Gasteiger partial charge on any atom is 0.336 e. The molecule has 0 aromatic carbocycles. The topological polar surface area (TPSA) is 78.9 Å². The summed E-state index contributed by atoms with van der Waals surface area (Å²) in [6.45, 7) is 5.30. The van der Waals surface area contributed by atoms with Gasteiger partial charge in [-0.3, -0.25) is 9.69 Å². The average Bonchev–Trinajstić information content (AvgIpc) is 2.81. The minimum absolute atomic E-state index is 0.0696. The molecule has 1 saturated heterocycles. The highest BCUT2D eigenvalue weighted by atomic mass is 16.5. The van der Waals surface area contributed by atoms with E-state index in [0.717, 1.165) is 25.9 Å². The third-order valence-electron chi connectivity index (χ3n) is 6.37. The summed E-state index contributed by atoms with van der Waals surface area (Å²) in [6.07, 6.45) is 19.4. The van der Waals surface area contributed by atoms with Gasteiger partial charge < -0.3 is 15.2 Å². The number of ether oxygens (including phenoxy) is 1. The molecular weight excluding hydrogens is 404 g/mol. The van der Waals surface area contributed by atoms with Gasteiger partial charge in [-0.05, 0) is 32.4 Å². The second kappa shape index (κ2) is 20.5. The molecule has 6 nitrogen and oxygen atoms in total. The number of carbonyl (C=O) groups is 2. The van der Waals surface area contributed by atoms with Crippen molar-refractivity contribution in [3.63, 3.8) is 0 Å². The van der Waals surface area contributed by atoms with E-state index in [1.165, 1.54) is 89.9 Å².